The van der Waals surface area contributed by atoms with E-state index in [0.717, 1.165) is 12.8 Å². The lowest BCUT2D eigenvalue weighted by Crippen LogP contribution is -2.37. The van der Waals surface area contributed by atoms with E-state index >= 15 is 0 Å². The second kappa shape index (κ2) is 8.71. The van der Waals surface area contributed by atoms with Crippen LogP contribution in [0.3, 0.4) is 0 Å². The molecule has 6 nitrogen and oxygen atoms in total. The standard InChI is InChI=1S/C19H21N3O3S/c1-13(10-11-15-7-4-3-5-8-15)20-17(23)14(2)26-19-22-21-18(25-19)16-9-6-12-24-16/h3-9,12-14H,10-11H2,1-2H3,(H,20,23)/t13-,14-/m0/s1. The maximum atomic E-state index is 12.4. The molecule has 3 rings (SSSR count). The van der Waals surface area contributed by atoms with Crippen LogP contribution in [0.1, 0.15) is 25.8 Å². The van der Waals surface area contributed by atoms with Crippen molar-refractivity contribution in [2.45, 2.75) is 43.2 Å². The summed E-state index contributed by atoms with van der Waals surface area (Å²) in [7, 11) is 0. The van der Waals surface area contributed by atoms with E-state index in [9.17, 15) is 4.79 Å². The summed E-state index contributed by atoms with van der Waals surface area (Å²) in [6.07, 6.45) is 3.36. The van der Waals surface area contributed by atoms with Gasteiger partial charge >= 0.3 is 0 Å². The summed E-state index contributed by atoms with van der Waals surface area (Å²) in [5.74, 6) is 0.769. The lowest BCUT2D eigenvalue weighted by atomic mass is 10.1. The summed E-state index contributed by atoms with van der Waals surface area (Å²) >= 11 is 1.23. The van der Waals surface area contributed by atoms with Crippen LogP contribution in [0.5, 0.6) is 0 Å². The summed E-state index contributed by atoms with van der Waals surface area (Å²) in [5.41, 5.74) is 1.27. The second-order valence-electron chi connectivity index (χ2n) is 6.04. The van der Waals surface area contributed by atoms with Crippen molar-refractivity contribution in [3.63, 3.8) is 0 Å². The highest BCUT2D eigenvalue weighted by Crippen LogP contribution is 2.26. The van der Waals surface area contributed by atoms with Gasteiger partial charge in [0.2, 0.25) is 5.91 Å². The number of aromatic nitrogens is 2. The molecule has 0 aliphatic rings. The van der Waals surface area contributed by atoms with Crippen LogP contribution in [0.4, 0.5) is 0 Å². The van der Waals surface area contributed by atoms with Crippen molar-refractivity contribution in [2.24, 2.45) is 0 Å². The molecule has 2 atom stereocenters. The Bertz CT molecular complexity index is 818. The summed E-state index contributed by atoms with van der Waals surface area (Å²) in [5, 5.41) is 10.9. The van der Waals surface area contributed by atoms with E-state index < -0.39 is 0 Å². The van der Waals surface area contributed by atoms with Gasteiger partial charge in [-0.3, -0.25) is 4.79 Å². The normalized spacial score (nSPS) is 13.3. The first-order valence-corrected chi connectivity index (χ1v) is 9.38. The maximum Gasteiger partial charge on any atom is 0.284 e. The molecule has 136 valence electrons. The van der Waals surface area contributed by atoms with Crippen molar-refractivity contribution in [3.8, 4) is 11.7 Å². The van der Waals surface area contributed by atoms with Crippen LogP contribution >= 0.6 is 11.8 Å². The number of furan rings is 1. The minimum absolute atomic E-state index is 0.0479. The molecule has 3 aromatic rings. The molecule has 0 unspecified atom stereocenters. The number of rotatable bonds is 8. The summed E-state index contributed by atoms with van der Waals surface area (Å²) in [6.45, 7) is 3.83. The van der Waals surface area contributed by atoms with Crippen LogP contribution in [0.25, 0.3) is 11.7 Å². The highest BCUT2D eigenvalue weighted by atomic mass is 32.2. The maximum absolute atomic E-state index is 12.4. The molecule has 0 aliphatic carbocycles. The van der Waals surface area contributed by atoms with E-state index in [1.807, 2.05) is 32.0 Å². The molecule has 0 fully saturated rings. The van der Waals surface area contributed by atoms with Gasteiger partial charge in [-0.1, -0.05) is 42.1 Å². The minimum Gasteiger partial charge on any atom is -0.459 e. The molecule has 7 heteroatoms. The molecule has 0 radical (unpaired) electrons. The Morgan fingerprint density at radius 2 is 1.96 bits per heavy atom. The number of nitrogens with zero attached hydrogens (tertiary/aromatic N) is 2. The Morgan fingerprint density at radius 1 is 1.15 bits per heavy atom. The molecule has 1 aromatic carbocycles. The van der Waals surface area contributed by atoms with E-state index in [1.54, 1.807) is 18.4 Å². The van der Waals surface area contributed by atoms with Crippen LogP contribution in [0.2, 0.25) is 0 Å². The molecule has 0 saturated carbocycles. The van der Waals surface area contributed by atoms with Crippen molar-refractivity contribution < 1.29 is 13.6 Å². The van der Waals surface area contributed by atoms with Crippen molar-refractivity contribution >= 4 is 17.7 Å². The molecule has 1 amide bonds. The summed E-state index contributed by atoms with van der Waals surface area (Å²) in [6, 6.07) is 13.8. The van der Waals surface area contributed by atoms with Crippen LogP contribution in [0, 0.1) is 0 Å². The lowest BCUT2D eigenvalue weighted by molar-refractivity contribution is -0.120. The summed E-state index contributed by atoms with van der Waals surface area (Å²) < 4.78 is 10.7. The average Bonchev–Trinajstić information content (AvgIpc) is 3.32. The largest absolute Gasteiger partial charge is 0.459 e. The molecule has 0 aliphatic heterocycles. The van der Waals surface area contributed by atoms with E-state index in [4.69, 9.17) is 8.83 Å². The fraction of sp³-hybridized carbons (Fsp3) is 0.316. The van der Waals surface area contributed by atoms with Crippen molar-refractivity contribution in [1.82, 2.24) is 15.5 Å². The number of hydrogen-bond donors (Lipinski definition) is 1. The first kappa shape index (κ1) is 18.3. The van der Waals surface area contributed by atoms with Gasteiger partial charge in [-0.25, -0.2) is 0 Å². The molecule has 0 saturated heterocycles. The van der Waals surface area contributed by atoms with Crippen LogP contribution < -0.4 is 5.32 Å². The Morgan fingerprint density at radius 3 is 2.69 bits per heavy atom. The molecule has 26 heavy (non-hydrogen) atoms. The predicted molar refractivity (Wildman–Crippen MR) is 99.7 cm³/mol. The lowest BCUT2D eigenvalue weighted by Gasteiger charge is -2.16. The van der Waals surface area contributed by atoms with Gasteiger partial charge in [0.25, 0.3) is 11.1 Å². The number of carbonyl (C=O) groups is 1. The van der Waals surface area contributed by atoms with Gasteiger partial charge in [0.05, 0.1) is 11.5 Å². The third-order valence-electron chi connectivity index (χ3n) is 3.88. The van der Waals surface area contributed by atoms with Crippen molar-refractivity contribution in [3.05, 3.63) is 54.3 Å². The zero-order valence-electron chi connectivity index (χ0n) is 14.7. The van der Waals surface area contributed by atoms with Gasteiger partial charge in [0.1, 0.15) is 0 Å². The van der Waals surface area contributed by atoms with E-state index in [1.165, 1.54) is 17.3 Å². The van der Waals surface area contributed by atoms with Crippen molar-refractivity contribution in [1.29, 1.82) is 0 Å². The van der Waals surface area contributed by atoms with Gasteiger partial charge in [-0.15, -0.1) is 10.2 Å². The zero-order chi connectivity index (χ0) is 18.4. The molecule has 2 heterocycles. The predicted octanol–water partition coefficient (Wildman–Crippen LogP) is 3.95. The number of carbonyl (C=O) groups excluding carboxylic acids is 1. The average molecular weight is 371 g/mol. The monoisotopic (exact) mass is 371 g/mol. The Kier molecular flexibility index (Phi) is 6.12. The Balaban J connectivity index is 1.47. The number of nitrogens with one attached hydrogen (secondary N) is 1. The molecule has 0 spiro atoms. The molecular weight excluding hydrogens is 350 g/mol. The number of amides is 1. The first-order chi connectivity index (χ1) is 12.6. The summed E-state index contributed by atoms with van der Waals surface area (Å²) in [4.78, 5) is 12.4. The number of aryl methyl sites for hydroxylation is 1. The van der Waals surface area contributed by atoms with Gasteiger partial charge in [-0.05, 0) is 44.4 Å². The number of thioether (sulfide) groups is 1. The molecule has 1 N–H and O–H groups in total. The Labute approximate surface area is 156 Å². The highest BCUT2D eigenvalue weighted by molar-refractivity contribution is 8.00. The number of hydrogen-bond acceptors (Lipinski definition) is 6. The van der Waals surface area contributed by atoms with E-state index in [0.29, 0.717) is 16.9 Å². The zero-order valence-corrected chi connectivity index (χ0v) is 15.5. The molecule has 0 bridgehead atoms. The van der Waals surface area contributed by atoms with Gasteiger partial charge in [0.15, 0.2) is 5.76 Å². The van der Waals surface area contributed by atoms with Gasteiger partial charge < -0.3 is 14.2 Å². The smallest absolute Gasteiger partial charge is 0.284 e. The van der Waals surface area contributed by atoms with Gasteiger partial charge in [0, 0.05) is 6.04 Å². The third kappa shape index (κ3) is 4.98. The quantitative estimate of drug-likeness (QED) is 0.604. The highest BCUT2D eigenvalue weighted by Gasteiger charge is 2.20. The first-order valence-electron chi connectivity index (χ1n) is 8.50. The molecule has 2 aromatic heterocycles. The molecular formula is C19H21N3O3S. The second-order valence-corrected chi connectivity index (χ2v) is 7.34. The Hall–Kier alpha value is -2.54. The van der Waals surface area contributed by atoms with E-state index in [-0.39, 0.29) is 17.2 Å². The fourth-order valence-electron chi connectivity index (χ4n) is 2.42. The fourth-order valence-corrected chi connectivity index (χ4v) is 3.11. The van der Waals surface area contributed by atoms with E-state index in [2.05, 4.69) is 27.6 Å². The third-order valence-corrected chi connectivity index (χ3v) is 4.82. The SMILES string of the molecule is C[C@H](Sc1nnc(-c2ccco2)o1)C(=O)N[C@@H](C)CCc1ccccc1. The van der Waals surface area contributed by atoms with Crippen LogP contribution in [-0.4, -0.2) is 27.4 Å². The minimum atomic E-state index is -0.334. The van der Waals surface area contributed by atoms with Crippen LogP contribution in [0.15, 0.2) is 62.8 Å². The topological polar surface area (TPSA) is 81.2 Å². The number of benzene rings is 1. The van der Waals surface area contributed by atoms with Gasteiger partial charge in [-0.2, -0.15) is 0 Å². The van der Waals surface area contributed by atoms with Crippen molar-refractivity contribution in [2.75, 3.05) is 0 Å². The van der Waals surface area contributed by atoms with Crippen LogP contribution in [-0.2, 0) is 11.2 Å².